The number of ether oxygens (including phenoxy) is 1. The van der Waals surface area contributed by atoms with E-state index in [1.54, 1.807) is 19.1 Å². The Hall–Kier alpha value is -1.27. The van der Waals surface area contributed by atoms with Gasteiger partial charge < -0.3 is 10.1 Å². The largest absolute Gasteiger partial charge is 0.465 e. The van der Waals surface area contributed by atoms with E-state index in [-0.39, 0.29) is 28.5 Å². The Labute approximate surface area is 114 Å². The number of hydrogen-bond acceptors (Lipinski definition) is 5. The van der Waals surface area contributed by atoms with Crippen molar-refractivity contribution in [2.45, 2.75) is 6.92 Å². The maximum atomic E-state index is 11.5. The van der Waals surface area contributed by atoms with Crippen molar-refractivity contribution < 1.29 is 14.3 Å². The second-order valence-electron chi connectivity index (χ2n) is 3.19. The quantitative estimate of drug-likeness (QED) is 0.640. The molecule has 0 aliphatic carbocycles. The minimum atomic E-state index is -0.324. The maximum absolute atomic E-state index is 11.5. The van der Waals surface area contributed by atoms with Crippen LogP contribution in [0.2, 0.25) is 5.15 Å². The number of hydrogen-bond donors (Lipinski definition) is 1. The summed E-state index contributed by atoms with van der Waals surface area (Å²) in [6.45, 7) is 2.08. The van der Waals surface area contributed by atoms with Crippen LogP contribution in [0.4, 0.5) is 5.69 Å². The van der Waals surface area contributed by atoms with Crippen molar-refractivity contribution in [2.24, 2.45) is 0 Å². The molecule has 0 aromatic carbocycles. The molecule has 1 aromatic rings. The van der Waals surface area contributed by atoms with Crippen LogP contribution in [0.3, 0.4) is 0 Å². The molecule has 1 heterocycles. The Morgan fingerprint density at radius 3 is 2.94 bits per heavy atom. The number of carbonyl (C=O) groups excluding carboxylic acids is 2. The summed E-state index contributed by atoms with van der Waals surface area (Å²) in [7, 11) is 0. The van der Waals surface area contributed by atoms with Crippen molar-refractivity contribution in [3.05, 3.63) is 23.5 Å². The molecule has 7 heteroatoms. The molecule has 1 rings (SSSR count). The summed E-state index contributed by atoms with van der Waals surface area (Å²) in [5, 5.41) is 2.85. The van der Waals surface area contributed by atoms with Gasteiger partial charge in [-0.3, -0.25) is 9.59 Å². The second kappa shape index (κ2) is 7.94. The average molecular weight is 289 g/mol. The van der Waals surface area contributed by atoms with Gasteiger partial charge in [0.25, 0.3) is 0 Å². The zero-order valence-corrected chi connectivity index (χ0v) is 11.4. The van der Waals surface area contributed by atoms with Gasteiger partial charge in [0, 0.05) is 6.20 Å². The van der Waals surface area contributed by atoms with Gasteiger partial charge in [-0.05, 0) is 19.1 Å². The Balaban J connectivity index is 2.30. The Bertz CT molecular complexity index is 429. The summed E-state index contributed by atoms with van der Waals surface area (Å²) >= 11 is 6.97. The number of pyridine rings is 1. The lowest BCUT2D eigenvalue weighted by atomic mass is 10.4. The van der Waals surface area contributed by atoms with Gasteiger partial charge in [-0.15, -0.1) is 11.8 Å². The molecule has 0 aliphatic rings. The Kier molecular flexibility index (Phi) is 6.53. The smallest absolute Gasteiger partial charge is 0.315 e. The van der Waals surface area contributed by atoms with E-state index < -0.39 is 0 Å². The molecule has 1 amide bonds. The highest BCUT2D eigenvalue weighted by molar-refractivity contribution is 8.00. The van der Waals surface area contributed by atoms with Crippen molar-refractivity contribution in [1.29, 1.82) is 0 Å². The third-order valence-corrected chi connectivity index (χ3v) is 3.00. The van der Waals surface area contributed by atoms with E-state index in [9.17, 15) is 9.59 Å². The monoisotopic (exact) mass is 288 g/mol. The molecule has 0 saturated heterocycles. The third-order valence-electron chi connectivity index (χ3n) is 1.79. The fourth-order valence-corrected chi connectivity index (χ4v) is 1.87. The lowest BCUT2D eigenvalue weighted by Crippen LogP contribution is -2.16. The molecule has 0 fully saturated rings. The SMILES string of the molecule is CCOC(=O)CSCC(=O)Nc1cccnc1Cl. The van der Waals surface area contributed by atoms with Gasteiger partial charge in [0.2, 0.25) is 5.91 Å². The number of thioether (sulfide) groups is 1. The predicted molar refractivity (Wildman–Crippen MR) is 71.8 cm³/mol. The van der Waals surface area contributed by atoms with Gasteiger partial charge in [-0.1, -0.05) is 11.6 Å². The van der Waals surface area contributed by atoms with Gasteiger partial charge in [0.15, 0.2) is 5.15 Å². The number of anilines is 1. The lowest BCUT2D eigenvalue weighted by molar-refractivity contribution is -0.139. The molecule has 0 radical (unpaired) electrons. The van der Waals surface area contributed by atoms with E-state index in [1.807, 2.05) is 0 Å². The van der Waals surface area contributed by atoms with E-state index in [1.165, 1.54) is 18.0 Å². The summed E-state index contributed by atoms with van der Waals surface area (Å²) in [4.78, 5) is 26.4. The van der Waals surface area contributed by atoms with Crippen LogP contribution in [-0.2, 0) is 14.3 Å². The third kappa shape index (κ3) is 5.37. The molecule has 98 valence electrons. The number of rotatable bonds is 6. The number of amides is 1. The highest BCUT2D eigenvalue weighted by Crippen LogP contribution is 2.17. The highest BCUT2D eigenvalue weighted by atomic mass is 35.5. The zero-order valence-electron chi connectivity index (χ0n) is 9.81. The average Bonchev–Trinajstić information content (AvgIpc) is 2.32. The Morgan fingerprint density at radius 1 is 1.50 bits per heavy atom. The number of nitrogens with one attached hydrogen (secondary N) is 1. The maximum Gasteiger partial charge on any atom is 0.315 e. The molecule has 0 bridgehead atoms. The molecular weight excluding hydrogens is 276 g/mol. The summed E-state index contributed by atoms with van der Waals surface area (Å²) in [5.41, 5.74) is 0.459. The topological polar surface area (TPSA) is 68.3 Å². The van der Waals surface area contributed by atoms with Gasteiger partial charge in [0.1, 0.15) is 0 Å². The second-order valence-corrected chi connectivity index (χ2v) is 4.53. The standard InChI is InChI=1S/C11H13ClN2O3S/c1-2-17-10(16)7-18-6-9(15)14-8-4-3-5-13-11(8)12/h3-5H,2,6-7H2,1H3,(H,14,15). The number of esters is 1. The first-order valence-electron chi connectivity index (χ1n) is 5.27. The number of halogens is 1. The van der Waals surface area contributed by atoms with Crippen molar-refractivity contribution in [1.82, 2.24) is 4.98 Å². The first kappa shape index (κ1) is 14.8. The van der Waals surface area contributed by atoms with Gasteiger partial charge >= 0.3 is 5.97 Å². The van der Waals surface area contributed by atoms with Crippen LogP contribution in [0.25, 0.3) is 0 Å². The fourth-order valence-electron chi connectivity index (χ4n) is 1.10. The van der Waals surface area contributed by atoms with E-state index in [0.29, 0.717) is 12.3 Å². The molecule has 0 unspecified atom stereocenters. The molecule has 0 saturated carbocycles. The van der Waals surface area contributed by atoms with E-state index in [2.05, 4.69) is 10.3 Å². The lowest BCUT2D eigenvalue weighted by Gasteiger charge is -2.05. The summed E-state index contributed by atoms with van der Waals surface area (Å²) < 4.78 is 4.74. The van der Waals surface area contributed by atoms with Crippen LogP contribution in [0, 0.1) is 0 Å². The molecular formula is C11H13ClN2O3S. The molecule has 1 aromatic heterocycles. The first-order chi connectivity index (χ1) is 8.63. The number of carbonyl (C=O) groups is 2. The van der Waals surface area contributed by atoms with E-state index in [4.69, 9.17) is 16.3 Å². The van der Waals surface area contributed by atoms with Crippen molar-refractivity contribution in [3.8, 4) is 0 Å². The summed E-state index contributed by atoms with van der Waals surface area (Å²) in [6, 6.07) is 3.33. The normalized spacial score (nSPS) is 9.89. The summed E-state index contributed by atoms with van der Waals surface area (Å²) in [6.07, 6.45) is 1.54. The zero-order chi connectivity index (χ0) is 13.4. The molecule has 0 atom stereocenters. The molecule has 0 spiro atoms. The van der Waals surface area contributed by atoms with Gasteiger partial charge in [0.05, 0.1) is 23.8 Å². The van der Waals surface area contributed by atoms with E-state index in [0.717, 1.165) is 0 Å². The Morgan fingerprint density at radius 2 is 2.28 bits per heavy atom. The van der Waals surface area contributed by atoms with Crippen LogP contribution in [0.15, 0.2) is 18.3 Å². The van der Waals surface area contributed by atoms with E-state index >= 15 is 0 Å². The van der Waals surface area contributed by atoms with Gasteiger partial charge in [-0.25, -0.2) is 4.98 Å². The van der Waals surface area contributed by atoms with Crippen molar-refractivity contribution in [3.63, 3.8) is 0 Å². The highest BCUT2D eigenvalue weighted by Gasteiger charge is 2.08. The minimum Gasteiger partial charge on any atom is -0.465 e. The van der Waals surface area contributed by atoms with Crippen LogP contribution < -0.4 is 5.32 Å². The van der Waals surface area contributed by atoms with Crippen LogP contribution in [0.5, 0.6) is 0 Å². The number of nitrogens with zero attached hydrogens (tertiary/aromatic N) is 1. The molecule has 0 aliphatic heterocycles. The van der Waals surface area contributed by atoms with Crippen molar-refractivity contribution in [2.75, 3.05) is 23.4 Å². The molecule has 5 nitrogen and oxygen atoms in total. The number of aromatic nitrogens is 1. The van der Waals surface area contributed by atoms with Crippen LogP contribution >= 0.6 is 23.4 Å². The summed E-state index contributed by atoms with van der Waals surface area (Å²) in [5.74, 6) is -0.250. The molecule has 1 N–H and O–H groups in total. The molecule has 18 heavy (non-hydrogen) atoms. The van der Waals surface area contributed by atoms with Gasteiger partial charge in [-0.2, -0.15) is 0 Å². The van der Waals surface area contributed by atoms with Crippen molar-refractivity contribution >= 4 is 40.9 Å². The predicted octanol–water partition coefficient (Wildman–Crippen LogP) is 1.97. The minimum absolute atomic E-state index is 0.155. The van der Waals surface area contributed by atoms with Crippen LogP contribution in [0.1, 0.15) is 6.92 Å². The fraction of sp³-hybridized carbons (Fsp3) is 0.364. The van der Waals surface area contributed by atoms with Crippen LogP contribution in [-0.4, -0.2) is 35.0 Å². The first-order valence-corrected chi connectivity index (χ1v) is 6.80.